The molecular weight excluding hydrogens is 407 g/mol. The fraction of sp³-hybridized carbons (Fsp3) is 0.136. The fourth-order valence-electron chi connectivity index (χ4n) is 2.88. The second-order valence-corrected chi connectivity index (χ2v) is 8.35. The topological polar surface area (TPSA) is 75.7 Å². The Bertz CT molecular complexity index is 1100. The Morgan fingerprint density at radius 2 is 1.70 bits per heavy atom. The summed E-state index contributed by atoms with van der Waals surface area (Å²) in [5.74, 6) is -1.04. The van der Waals surface area contributed by atoms with Crippen LogP contribution in [0.3, 0.4) is 0 Å². The van der Waals surface area contributed by atoms with Crippen LogP contribution in [0.5, 0.6) is 0 Å². The SMILES string of the molecule is COCc1cccc(NC(=O)CN(c2ccc(F)cc2)S(=O)(=O)c2ccccc2)c1. The maximum Gasteiger partial charge on any atom is 0.264 e. The number of nitrogens with zero attached hydrogens (tertiary/aromatic N) is 1. The van der Waals surface area contributed by atoms with Gasteiger partial charge in [-0.3, -0.25) is 9.10 Å². The van der Waals surface area contributed by atoms with Crippen molar-refractivity contribution in [3.8, 4) is 0 Å². The number of anilines is 2. The molecular formula is C22H21FN2O4S. The summed E-state index contributed by atoms with van der Waals surface area (Å²) in [5, 5.41) is 2.70. The molecule has 0 saturated carbocycles. The summed E-state index contributed by atoms with van der Waals surface area (Å²) in [6, 6.07) is 19.8. The van der Waals surface area contributed by atoms with E-state index in [1.807, 2.05) is 6.07 Å². The predicted octanol–water partition coefficient (Wildman–Crippen LogP) is 3.81. The molecule has 0 unspecified atom stereocenters. The van der Waals surface area contributed by atoms with Crippen molar-refractivity contribution < 1.29 is 22.3 Å². The quantitative estimate of drug-likeness (QED) is 0.592. The number of ether oxygens (including phenoxy) is 1. The minimum absolute atomic E-state index is 0.0317. The number of benzene rings is 3. The highest BCUT2D eigenvalue weighted by Gasteiger charge is 2.27. The number of rotatable bonds is 8. The van der Waals surface area contributed by atoms with Crippen molar-refractivity contribution in [2.45, 2.75) is 11.5 Å². The third kappa shape index (κ3) is 5.22. The van der Waals surface area contributed by atoms with Crippen LogP contribution in [0, 0.1) is 5.82 Å². The maximum atomic E-state index is 13.4. The van der Waals surface area contributed by atoms with Gasteiger partial charge in [-0.25, -0.2) is 12.8 Å². The summed E-state index contributed by atoms with van der Waals surface area (Å²) in [5.41, 5.74) is 1.57. The van der Waals surface area contributed by atoms with Gasteiger partial charge in [0.15, 0.2) is 0 Å². The zero-order valence-electron chi connectivity index (χ0n) is 16.3. The van der Waals surface area contributed by atoms with Gasteiger partial charge in [-0.05, 0) is 54.1 Å². The molecule has 0 aromatic heterocycles. The molecule has 3 rings (SSSR count). The van der Waals surface area contributed by atoms with Gasteiger partial charge in [-0.15, -0.1) is 0 Å². The molecule has 0 saturated heterocycles. The van der Waals surface area contributed by atoms with E-state index in [2.05, 4.69) is 5.32 Å². The normalized spacial score (nSPS) is 11.1. The van der Waals surface area contributed by atoms with Crippen LogP contribution in [0.25, 0.3) is 0 Å². The molecule has 3 aromatic carbocycles. The summed E-state index contributed by atoms with van der Waals surface area (Å²) < 4.78 is 45.8. The number of sulfonamides is 1. The van der Waals surface area contributed by atoms with E-state index in [9.17, 15) is 17.6 Å². The Labute approximate surface area is 175 Å². The summed E-state index contributed by atoms with van der Waals surface area (Å²) in [6.45, 7) is -0.0921. The molecule has 8 heteroatoms. The third-order valence-corrected chi connectivity index (χ3v) is 6.04. The monoisotopic (exact) mass is 428 g/mol. The average molecular weight is 428 g/mol. The predicted molar refractivity (Wildman–Crippen MR) is 113 cm³/mol. The first-order chi connectivity index (χ1) is 14.4. The van der Waals surface area contributed by atoms with Crippen LogP contribution in [0.1, 0.15) is 5.56 Å². The molecule has 0 spiro atoms. The summed E-state index contributed by atoms with van der Waals surface area (Å²) in [6.07, 6.45) is 0. The lowest BCUT2D eigenvalue weighted by Gasteiger charge is -2.24. The number of nitrogens with one attached hydrogen (secondary N) is 1. The van der Waals surface area contributed by atoms with Crippen LogP contribution >= 0.6 is 0 Å². The van der Waals surface area contributed by atoms with Crippen LogP contribution < -0.4 is 9.62 Å². The first kappa shape index (κ1) is 21.5. The Morgan fingerprint density at radius 3 is 2.37 bits per heavy atom. The van der Waals surface area contributed by atoms with Gasteiger partial charge in [0, 0.05) is 12.8 Å². The zero-order chi connectivity index (χ0) is 21.6. The van der Waals surface area contributed by atoms with Crippen molar-refractivity contribution in [3.63, 3.8) is 0 Å². The van der Waals surface area contributed by atoms with E-state index >= 15 is 0 Å². The lowest BCUT2D eigenvalue weighted by molar-refractivity contribution is -0.114. The molecule has 1 N–H and O–H groups in total. The number of hydrogen-bond acceptors (Lipinski definition) is 4. The molecule has 0 heterocycles. The van der Waals surface area contributed by atoms with Gasteiger partial charge < -0.3 is 10.1 Å². The van der Waals surface area contributed by atoms with Crippen LogP contribution in [0.2, 0.25) is 0 Å². The first-order valence-corrected chi connectivity index (χ1v) is 10.6. The Morgan fingerprint density at radius 1 is 1.00 bits per heavy atom. The van der Waals surface area contributed by atoms with Crippen molar-refractivity contribution in [1.82, 2.24) is 0 Å². The van der Waals surface area contributed by atoms with Crippen LogP contribution in [-0.4, -0.2) is 28.0 Å². The van der Waals surface area contributed by atoms with Crippen molar-refractivity contribution in [2.24, 2.45) is 0 Å². The van der Waals surface area contributed by atoms with Gasteiger partial charge in [0.1, 0.15) is 12.4 Å². The number of hydrogen-bond donors (Lipinski definition) is 1. The van der Waals surface area contributed by atoms with Crippen LogP contribution in [-0.2, 0) is 26.2 Å². The smallest absolute Gasteiger partial charge is 0.264 e. The van der Waals surface area contributed by atoms with Crippen LogP contribution in [0.4, 0.5) is 15.8 Å². The molecule has 156 valence electrons. The van der Waals surface area contributed by atoms with Crippen LogP contribution in [0.15, 0.2) is 83.8 Å². The molecule has 3 aromatic rings. The molecule has 0 bridgehead atoms. The highest BCUT2D eigenvalue weighted by molar-refractivity contribution is 7.92. The average Bonchev–Trinajstić information content (AvgIpc) is 2.74. The van der Waals surface area contributed by atoms with Crippen molar-refractivity contribution in [3.05, 3.63) is 90.2 Å². The lowest BCUT2D eigenvalue weighted by Crippen LogP contribution is -2.38. The number of carbonyl (C=O) groups is 1. The van der Waals surface area contributed by atoms with Crippen molar-refractivity contribution in [1.29, 1.82) is 0 Å². The molecule has 0 aliphatic rings. The number of amides is 1. The summed E-state index contributed by atoms with van der Waals surface area (Å²) in [7, 11) is -2.47. The van der Waals surface area contributed by atoms with Crippen molar-refractivity contribution in [2.75, 3.05) is 23.3 Å². The zero-order valence-corrected chi connectivity index (χ0v) is 17.1. The van der Waals surface area contributed by atoms with Gasteiger partial charge >= 0.3 is 0 Å². The largest absolute Gasteiger partial charge is 0.380 e. The standard InChI is InChI=1S/C22H21FN2O4S/c1-29-16-17-6-5-7-19(14-17)24-22(26)15-25(20-12-10-18(23)11-13-20)30(27,28)21-8-3-2-4-9-21/h2-14H,15-16H2,1H3,(H,24,26). The minimum atomic E-state index is -4.04. The number of methoxy groups -OCH3 is 1. The number of halogens is 1. The highest BCUT2D eigenvalue weighted by Crippen LogP contribution is 2.24. The van der Waals surface area contributed by atoms with E-state index in [4.69, 9.17) is 4.74 Å². The molecule has 30 heavy (non-hydrogen) atoms. The highest BCUT2D eigenvalue weighted by atomic mass is 32.2. The van der Waals surface area contributed by atoms with Gasteiger partial charge in [0.2, 0.25) is 5.91 Å². The fourth-order valence-corrected chi connectivity index (χ4v) is 4.32. The molecule has 0 fully saturated rings. The minimum Gasteiger partial charge on any atom is -0.380 e. The van der Waals surface area contributed by atoms with Crippen molar-refractivity contribution >= 4 is 27.3 Å². The third-order valence-electron chi connectivity index (χ3n) is 4.25. The van der Waals surface area contributed by atoms with Gasteiger partial charge in [-0.1, -0.05) is 30.3 Å². The molecule has 0 aliphatic carbocycles. The molecule has 0 aliphatic heterocycles. The molecule has 0 atom stereocenters. The van der Waals surface area contributed by atoms with E-state index in [0.29, 0.717) is 12.3 Å². The van der Waals surface area contributed by atoms with Gasteiger partial charge in [0.25, 0.3) is 10.0 Å². The molecule has 0 radical (unpaired) electrons. The van der Waals surface area contributed by atoms with Gasteiger partial charge in [-0.2, -0.15) is 0 Å². The lowest BCUT2D eigenvalue weighted by atomic mass is 10.2. The second kappa shape index (κ2) is 9.51. The van der Waals surface area contributed by atoms with E-state index in [-0.39, 0.29) is 10.6 Å². The van der Waals surface area contributed by atoms with E-state index in [1.165, 1.54) is 24.3 Å². The molecule has 1 amide bonds. The molecule has 6 nitrogen and oxygen atoms in total. The van der Waals surface area contributed by atoms with Gasteiger partial charge in [0.05, 0.1) is 17.2 Å². The second-order valence-electron chi connectivity index (χ2n) is 6.48. The Kier molecular flexibility index (Phi) is 6.81. The summed E-state index contributed by atoms with van der Waals surface area (Å²) >= 11 is 0. The number of carbonyl (C=O) groups excluding carboxylic acids is 1. The first-order valence-electron chi connectivity index (χ1n) is 9.11. The Balaban J connectivity index is 1.88. The van der Waals surface area contributed by atoms with E-state index in [0.717, 1.165) is 22.0 Å². The van der Waals surface area contributed by atoms with E-state index in [1.54, 1.807) is 43.5 Å². The summed E-state index contributed by atoms with van der Waals surface area (Å²) in [4.78, 5) is 12.7. The Hall–Kier alpha value is -3.23. The van der Waals surface area contributed by atoms with E-state index < -0.39 is 28.3 Å². The maximum absolute atomic E-state index is 13.4.